The normalized spacial score (nSPS) is 17.4. The van der Waals surface area contributed by atoms with E-state index in [-0.39, 0.29) is 17.7 Å². The number of carbonyl (C=O) groups excluding carboxylic acids is 1. The lowest BCUT2D eigenvalue weighted by Crippen LogP contribution is -2.24. The van der Waals surface area contributed by atoms with Crippen molar-refractivity contribution >= 4 is 5.91 Å². The molecule has 1 aliphatic heterocycles. The van der Waals surface area contributed by atoms with Crippen molar-refractivity contribution in [3.63, 3.8) is 0 Å². The van der Waals surface area contributed by atoms with E-state index in [2.05, 4.69) is 10.2 Å². The molecular formula is C14H15N3O3. The number of phenolic OH excluding ortho intramolecular Hbond substituents is 1. The molecule has 0 spiro atoms. The summed E-state index contributed by atoms with van der Waals surface area (Å²) in [4.78, 5) is 13.8. The summed E-state index contributed by atoms with van der Waals surface area (Å²) in [5.41, 5.74) is 3.08. The Morgan fingerprint density at radius 3 is 2.90 bits per heavy atom. The molecular weight excluding hydrogens is 258 g/mol. The average molecular weight is 273 g/mol. The van der Waals surface area contributed by atoms with Gasteiger partial charge in [0.2, 0.25) is 0 Å². The van der Waals surface area contributed by atoms with Gasteiger partial charge in [0.25, 0.3) is 5.91 Å². The van der Waals surface area contributed by atoms with Gasteiger partial charge in [-0.15, -0.1) is 0 Å². The van der Waals surface area contributed by atoms with E-state index in [1.807, 2.05) is 6.92 Å². The molecule has 0 saturated carbocycles. The van der Waals surface area contributed by atoms with E-state index in [1.54, 1.807) is 30.1 Å². The van der Waals surface area contributed by atoms with Gasteiger partial charge in [-0.1, -0.05) is 6.07 Å². The fourth-order valence-corrected chi connectivity index (χ4v) is 2.67. The highest BCUT2D eigenvalue weighted by atomic mass is 16.5. The Morgan fingerprint density at radius 1 is 1.45 bits per heavy atom. The number of aromatic hydroxyl groups is 1. The molecule has 1 aliphatic rings. The van der Waals surface area contributed by atoms with Crippen LogP contribution >= 0.6 is 0 Å². The minimum atomic E-state index is -0.217. The molecule has 2 N–H and O–H groups in total. The molecule has 1 aromatic carbocycles. The van der Waals surface area contributed by atoms with E-state index in [9.17, 15) is 9.90 Å². The first-order valence-corrected chi connectivity index (χ1v) is 6.23. The number of phenols is 1. The molecule has 1 amide bonds. The van der Waals surface area contributed by atoms with Gasteiger partial charge in [0.15, 0.2) is 17.2 Å². The molecule has 2 aromatic rings. The summed E-state index contributed by atoms with van der Waals surface area (Å²) >= 11 is 0. The van der Waals surface area contributed by atoms with Crippen LogP contribution in [-0.4, -0.2) is 40.3 Å². The predicted octanol–water partition coefficient (Wildman–Crippen LogP) is 1.61. The van der Waals surface area contributed by atoms with Crippen LogP contribution in [0.3, 0.4) is 0 Å². The summed E-state index contributed by atoms with van der Waals surface area (Å²) in [6.07, 6.45) is 0. The standard InChI is InChI=1S/C14H15N3O3/c1-7-11-12(16-15-7)14(19)17(2)13(11)8-4-5-9(18)10(6-8)20-3/h4-6,13,18H,1-3H3,(H,15,16)/t13-/m1/s1. The van der Waals surface area contributed by atoms with E-state index in [0.29, 0.717) is 11.4 Å². The summed E-state index contributed by atoms with van der Waals surface area (Å²) < 4.78 is 5.13. The van der Waals surface area contributed by atoms with Crippen LogP contribution in [0.2, 0.25) is 0 Å². The van der Waals surface area contributed by atoms with Gasteiger partial charge >= 0.3 is 0 Å². The maximum absolute atomic E-state index is 12.2. The minimum Gasteiger partial charge on any atom is -0.504 e. The van der Waals surface area contributed by atoms with Crippen LogP contribution < -0.4 is 4.74 Å². The third-order valence-electron chi connectivity index (χ3n) is 3.70. The number of benzene rings is 1. The second-order valence-electron chi connectivity index (χ2n) is 4.86. The molecule has 0 fully saturated rings. The molecule has 0 radical (unpaired) electrons. The molecule has 6 nitrogen and oxygen atoms in total. The zero-order valence-corrected chi connectivity index (χ0v) is 11.5. The Balaban J connectivity index is 2.15. The van der Waals surface area contributed by atoms with Crippen LogP contribution in [0, 0.1) is 6.92 Å². The lowest BCUT2D eigenvalue weighted by molar-refractivity contribution is 0.0787. The number of methoxy groups -OCH3 is 1. The van der Waals surface area contributed by atoms with Crippen molar-refractivity contribution in [3.05, 3.63) is 40.7 Å². The average Bonchev–Trinajstić information content (AvgIpc) is 2.92. The SMILES string of the molecule is COc1cc([C@@H]2c3c(n[nH]c3C)C(=O)N2C)ccc1O. The lowest BCUT2D eigenvalue weighted by atomic mass is 9.99. The van der Waals surface area contributed by atoms with Crippen LogP contribution in [0.5, 0.6) is 11.5 Å². The number of aromatic amines is 1. The molecule has 1 aromatic heterocycles. The Kier molecular flexibility index (Phi) is 2.67. The van der Waals surface area contributed by atoms with Gasteiger partial charge in [0.1, 0.15) is 0 Å². The van der Waals surface area contributed by atoms with Gasteiger partial charge in [-0.05, 0) is 24.6 Å². The topological polar surface area (TPSA) is 78.5 Å². The van der Waals surface area contributed by atoms with Crippen LogP contribution in [0.15, 0.2) is 18.2 Å². The summed E-state index contributed by atoms with van der Waals surface area (Å²) in [6, 6.07) is 4.88. The largest absolute Gasteiger partial charge is 0.504 e. The number of aromatic nitrogens is 2. The number of H-pyrrole nitrogens is 1. The Hall–Kier alpha value is -2.50. The first kappa shape index (κ1) is 12.5. The van der Waals surface area contributed by atoms with Crippen molar-refractivity contribution in [2.24, 2.45) is 0 Å². The van der Waals surface area contributed by atoms with Crippen LogP contribution in [0.1, 0.15) is 33.4 Å². The van der Waals surface area contributed by atoms with Gasteiger partial charge in [0.05, 0.1) is 13.2 Å². The molecule has 2 heterocycles. The highest BCUT2D eigenvalue weighted by Gasteiger charge is 2.39. The van der Waals surface area contributed by atoms with Gasteiger partial charge in [-0.3, -0.25) is 9.89 Å². The van der Waals surface area contributed by atoms with E-state index in [4.69, 9.17) is 4.74 Å². The van der Waals surface area contributed by atoms with Gasteiger partial charge in [0, 0.05) is 18.3 Å². The number of hydrogen-bond donors (Lipinski definition) is 2. The number of amides is 1. The van der Waals surface area contributed by atoms with Gasteiger partial charge < -0.3 is 14.7 Å². The minimum absolute atomic E-state index is 0.0763. The summed E-state index contributed by atoms with van der Waals surface area (Å²) in [5, 5.41) is 16.6. The molecule has 0 saturated heterocycles. The number of nitrogens with zero attached hydrogens (tertiary/aromatic N) is 2. The quantitative estimate of drug-likeness (QED) is 0.871. The molecule has 0 unspecified atom stereocenters. The van der Waals surface area contributed by atoms with Crippen molar-refractivity contribution in [1.29, 1.82) is 0 Å². The number of ether oxygens (including phenoxy) is 1. The lowest BCUT2D eigenvalue weighted by Gasteiger charge is -2.22. The summed E-state index contributed by atoms with van der Waals surface area (Å²) in [6.45, 7) is 1.89. The fourth-order valence-electron chi connectivity index (χ4n) is 2.67. The highest BCUT2D eigenvalue weighted by Crippen LogP contribution is 2.40. The number of aryl methyl sites for hydroxylation is 1. The number of rotatable bonds is 2. The van der Waals surface area contributed by atoms with Crippen molar-refractivity contribution in [3.8, 4) is 11.5 Å². The van der Waals surface area contributed by atoms with Crippen molar-refractivity contribution in [2.45, 2.75) is 13.0 Å². The van der Waals surface area contributed by atoms with Crippen molar-refractivity contribution < 1.29 is 14.6 Å². The van der Waals surface area contributed by atoms with Crippen LogP contribution in [-0.2, 0) is 0 Å². The molecule has 6 heteroatoms. The number of fused-ring (bicyclic) bond motifs is 1. The first-order chi connectivity index (χ1) is 9.54. The van der Waals surface area contributed by atoms with E-state index >= 15 is 0 Å². The Labute approximate surface area is 116 Å². The van der Waals surface area contributed by atoms with Gasteiger partial charge in [-0.2, -0.15) is 5.10 Å². The van der Waals surface area contributed by atoms with Crippen molar-refractivity contribution in [1.82, 2.24) is 15.1 Å². The first-order valence-electron chi connectivity index (χ1n) is 6.23. The zero-order chi connectivity index (χ0) is 14.4. The molecule has 104 valence electrons. The maximum Gasteiger partial charge on any atom is 0.275 e. The second-order valence-corrected chi connectivity index (χ2v) is 4.86. The van der Waals surface area contributed by atoms with Crippen molar-refractivity contribution in [2.75, 3.05) is 14.2 Å². The molecule has 1 atom stereocenters. The van der Waals surface area contributed by atoms with E-state index in [1.165, 1.54) is 7.11 Å². The molecule has 0 aliphatic carbocycles. The zero-order valence-electron chi connectivity index (χ0n) is 11.5. The molecule has 20 heavy (non-hydrogen) atoms. The number of carbonyl (C=O) groups is 1. The monoisotopic (exact) mass is 273 g/mol. The van der Waals surface area contributed by atoms with E-state index in [0.717, 1.165) is 16.8 Å². The third-order valence-corrected chi connectivity index (χ3v) is 3.70. The molecule has 3 rings (SSSR count). The van der Waals surface area contributed by atoms with E-state index < -0.39 is 0 Å². The van der Waals surface area contributed by atoms with Gasteiger partial charge in [-0.25, -0.2) is 0 Å². The smallest absolute Gasteiger partial charge is 0.275 e. The summed E-state index contributed by atoms with van der Waals surface area (Å²) in [5.74, 6) is 0.353. The highest BCUT2D eigenvalue weighted by molar-refractivity contribution is 5.98. The number of hydrogen-bond acceptors (Lipinski definition) is 4. The number of nitrogens with one attached hydrogen (secondary N) is 1. The van der Waals surface area contributed by atoms with Crippen LogP contribution in [0.4, 0.5) is 0 Å². The summed E-state index contributed by atoms with van der Waals surface area (Å²) in [7, 11) is 3.24. The fraction of sp³-hybridized carbons (Fsp3) is 0.286. The predicted molar refractivity (Wildman–Crippen MR) is 71.9 cm³/mol. The molecule has 0 bridgehead atoms. The Bertz CT molecular complexity index is 693. The third kappa shape index (κ3) is 1.57. The Morgan fingerprint density at radius 2 is 2.20 bits per heavy atom. The second kappa shape index (κ2) is 4.26. The maximum atomic E-state index is 12.2. The van der Waals surface area contributed by atoms with Crippen LogP contribution in [0.25, 0.3) is 0 Å².